The molecule has 9 heteroatoms. The van der Waals surface area contributed by atoms with Gasteiger partial charge in [-0.2, -0.15) is 0 Å². The van der Waals surface area contributed by atoms with Gasteiger partial charge in [-0.25, -0.2) is 10.3 Å². The van der Waals surface area contributed by atoms with Crippen molar-refractivity contribution in [3.8, 4) is 0 Å². The van der Waals surface area contributed by atoms with E-state index in [0.717, 1.165) is 22.0 Å². The molecule has 33 heavy (non-hydrogen) atoms. The van der Waals surface area contributed by atoms with Gasteiger partial charge in [-0.3, -0.25) is 9.63 Å². The van der Waals surface area contributed by atoms with Crippen molar-refractivity contribution < 1.29 is 23.9 Å². The van der Waals surface area contributed by atoms with Crippen molar-refractivity contribution >= 4 is 22.9 Å². The molecule has 4 N–H and O–H groups in total. The molecule has 0 saturated heterocycles. The molecule has 2 amide bonds. The topological polar surface area (TPSA) is 114 Å². The molecule has 4 rings (SSSR count). The fourth-order valence-electron chi connectivity index (χ4n) is 3.54. The maximum Gasteiger partial charge on any atom is 0.408 e. The highest BCUT2D eigenvalue weighted by atomic mass is 16.7. The Balaban J connectivity index is 1.42. The number of methoxy groups -OCH3 is 1. The van der Waals surface area contributed by atoms with E-state index in [9.17, 15) is 9.59 Å². The Hall–Kier alpha value is -3.98. The predicted molar refractivity (Wildman–Crippen MR) is 122 cm³/mol. The van der Waals surface area contributed by atoms with Crippen molar-refractivity contribution in [2.45, 2.75) is 25.2 Å². The second-order valence-corrected chi connectivity index (χ2v) is 7.56. The van der Waals surface area contributed by atoms with Crippen LogP contribution in [0.1, 0.15) is 11.1 Å². The molecule has 0 fully saturated rings. The Labute approximate surface area is 191 Å². The summed E-state index contributed by atoms with van der Waals surface area (Å²) in [6.45, 7) is 0.324. The number of hydroxylamine groups is 1. The number of carbonyl (C=O) groups excluding carboxylic acids is 2. The van der Waals surface area contributed by atoms with E-state index in [1.165, 1.54) is 7.11 Å². The van der Waals surface area contributed by atoms with E-state index in [0.29, 0.717) is 12.3 Å². The van der Waals surface area contributed by atoms with Crippen LogP contribution in [-0.4, -0.2) is 42.8 Å². The summed E-state index contributed by atoms with van der Waals surface area (Å²) in [7, 11) is 1.52. The summed E-state index contributed by atoms with van der Waals surface area (Å²) >= 11 is 0. The number of benzene rings is 2. The first kappa shape index (κ1) is 22.2. The van der Waals surface area contributed by atoms with Crippen molar-refractivity contribution in [2.24, 2.45) is 0 Å². The number of hydrogen-bond acceptors (Lipinski definition) is 6. The number of fused-ring (bicyclic) bond motifs is 1. The van der Waals surface area contributed by atoms with Crippen LogP contribution in [0.4, 0.5) is 4.79 Å². The van der Waals surface area contributed by atoms with Gasteiger partial charge in [0.25, 0.3) is 0 Å². The Kier molecular flexibility index (Phi) is 7.11. The zero-order valence-electron chi connectivity index (χ0n) is 18.2. The van der Waals surface area contributed by atoms with Gasteiger partial charge in [0.2, 0.25) is 11.8 Å². The van der Waals surface area contributed by atoms with Crippen molar-refractivity contribution in [3.63, 3.8) is 0 Å². The maximum absolute atomic E-state index is 13.0. The Morgan fingerprint density at radius 2 is 1.91 bits per heavy atom. The van der Waals surface area contributed by atoms with E-state index in [1.54, 1.807) is 6.08 Å². The average Bonchev–Trinajstić information content (AvgIpc) is 3.48. The van der Waals surface area contributed by atoms with Gasteiger partial charge >= 0.3 is 6.09 Å². The van der Waals surface area contributed by atoms with Gasteiger partial charge in [0.1, 0.15) is 18.8 Å². The van der Waals surface area contributed by atoms with Gasteiger partial charge in [0, 0.05) is 29.6 Å². The average molecular weight is 450 g/mol. The summed E-state index contributed by atoms with van der Waals surface area (Å²) in [5.74, 6) is 0.131. The fourth-order valence-corrected chi connectivity index (χ4v) is 3.54. The van der Waals surface area contributed by atoms with Crippen molar-refractivity contribution in [3.05, 3.63) is 83.9 Å². The number of alkyl carbamates (subject to hydrolysis) is 1. The molecule has 0 aliphatic carbocycles. The third kappa shape index (κ3) is 5.83. The predicted octanol–water partition coefficient (Wildman–Crippen LogP) is 2.51. The molecule has 1 unspecified atom stereocenters. The minimum Gasteiger partial charge on any atom is -0.481 e. The van der Waals surface area contributed by atoms with Crippen LogP contribution in [0, 0.1) is 0 Å². The molecule has 3 aromatic rings. The van der Waals surface area contributed by atoms with Gasteiger partial charge < -0.3 is 25.1 Å². The SMILES string of the molecule is COC1=CC(CNC(=O)[C@H](Cc2c[nH]c3ccccc23)NC(=O)OCc2ccccc2)ON1. The lowest BCUT2D eigenvalue weighted by atomic mass is 10.0. The summed E-state index contributed by atoms with van der Waals surface area (Å²) in [6.07, 6.45) is 2.80. The lowest BCUT2D eigenvalue weighted by Gasteiger charge is -2.19. The number of hydrogen-bond donors (Lipinski definition) is 4. The lowest BCUT2D eigenvalue weighted by Crippen LogP contribution is -2.49. The van der Waals surface area contributed by atoms with Gasteiger partial charge in [-0.1, -0.05) is 48.5 Å². The van der Waals surface area contributed by atoms with E-state index in [4.69, 9.17) is 14.3 Å². The third-order valence-corrected chi connectivity index (χ3v) is 5.27. The van der Waals surface area contributed by atoms with Crippen LogP contribution < -0.4 is 16.1 Å². The highest BCUT2D eigenvalue weighted by Crippen LogP contribution is 2.19. The fraction of sp³-hybridized carbons (Fsp3) is 0.250. The van der Waals surface area contributed by atoms with Gasteiger partial charge in [0.05, 0.1) is 13.7 Å². The number of para-hydroxylation sites is 1. The highest BCUT2D eigenvalue weighted by molar-refractivity contribution is 5.88. The third-order valence-electron chi connectivity index (χ3n) is 5.27. The molecule has 172 valence electrons. The van der Waals surface area contributed by atoms with Crippen LogP contribution in [0.15, 0.2) is 72.8 Å². The molecule has 1 aromatic heterocycles. The summed E-state index contributed by atoms with van der Waals surface area (Å²) in [5.41, 5.74) is 5.35. The van der Waals surface area contributed by atoms with Crippen LogP contribution in [0.2, 0.25) is 0 Å². The summed E-state index contributed by atoms with van der Waals surface area (Å²) in [4.78, 5) is 34.0. The van der Waals surface area contributed by atoms with E-state index in [-0.39, 0.29) is 25.2 Å². The van der Waals surface area contributed by atoms with Crippen molar-refractivity contribution in [2.75, 3.05) is 13.7 Å². The van der Waals surface area contributed by atoms with Crippen LogP contribution in [0.3, 0.4) is 0 Å². The van der Waals surface area contributed by atoms with Crippen LogP contribution >= 0.6 is 0 Å². The van der Waals surface area contributed by atoms with E-state index in [2.05, 4.69) is 21.1 Å². The zero-order valence-corrected chi connectivity index (χ0v) is 18.2. The minimum absolute atomic E-state index is 0.111. The Morgan fingerprint density at radius 3 is 2.70 bits per heavy atom. The van der Waals surface area contributed by atoms with Crippen LogP contribution in [-0.2, 0) is 32.1 Å². The van der Waals surface area contributed by atoms with Crippen molar-refractivity contribution in [1.82, 2.24) is 21.1 Å². The number of nitrogens with one attached hydrogen (secondary N) is 4. The first-order valence-corrected chi connectivity index (χ1v) is 10.6. The normalized spacial score (nSPS) is 15.9. The molecule has 0 bridgehead atoms. The summed E-state index contributed by atoms with van der Waals surface area (Å²) in [5, 5.41) is 6.52. The molecule has 1 aliphatic rings. The van der Waals surface area contributed by atoms with E-state index in [1.807, 2.05) is 60.8 Å². The first-order valence-electron chi connectivity index (χ1n) is 10.6. The molecular weight excluding hydrogens is 424 g/mol. The summed E-state index contributed by atoms with van der Waals surface area (Å²) in [6, 6.07) is 16.3. The molecule has 0 spiro atoms. The Morgan fingerprint density at radius 1 is 1.12 bits per heavy atom. The molecule has 0 radical (unpaired) electrons. The zero-order chi connectivity index (χ0) is 23.0. The number of carbonyl (C=O) groups is 2. The largest absolute Gasteiger partial charge is 0.481 e. The second kappa shape index (κ2) is 10.6. The molecule has 2 atom stereocenters. The van der Waals surface area contributed by atoms with Crippen molar-refractivity contribution in [1.29, 1.82) is 0 Å². The van der Waals surface area contributed by atoms with Crippen LogP contribution in [0.25, 0.3) is 10.9 Å². The van der Waals surface area contributed by atoms with Crippen LogP contribution in [0.5, 0.6) is 0 Å². The number of rotatable bonds is 9. The standard InChI is InChI=1S/C24H26N4O5/c1-31-22-12-18(33-28-22)14-26-23(29)21(11-17-13-25-20-10-6-5-9-19(17)20)27-24(30)32-15-16-7-3-2-4-8-16/h2-10,12-13,18,21,25,28H,11,14-15H2,1H3,(H,26,29)(H,27,30)/t18?,21-/m0/s1. The van der Waals surface area contributed by atoms with E-state index >= 15 is 0 Å². The Bertz CT molecular complexity index is 1130. The first-order chi connectivity index (χ1) is 16.1. The number of aromatic nitrogens is 1. The maximum atomic E-state index is 13.0. The molecular formula is C24H26N4O5. The second-order valence-electron chi connectivity index (χ2n) is 7.56. The summed E-state index contributed by atoms with van der Waals surface area (Å²) < 4.78 is 10.4. The number of aromatic amines is 1. The number of H-pyrrole nitrogens is 1. The highest BCUT2D eigenvalue weighted by Gasteiger charge is 2.25. The molecule has 1 aliphatic heterocycles. The number of ether oxygens (including phenoxy) is 2. The van der Waals surface area contributed by atoms with Gasteiger partial charge in [-0.05, 0) is 17.2 Å². The molecule has 9 nitrogen and oxygen atoms in total. The minimum atomic E-state index is -0.840. The molecule has 0 saturated carbocycles. The quantitative estimate of drug-likeness (QED) is 0.398. The lowest BCUT2D eigenvalue weighted by molar-refractivity contribution is -0.123. The molecule has 2 aromatic carbocycles. The molecule has 2 heterocycles. The van der Waals surface area contributed by atoms with E-state index < -0.39 is 12.1 Å². The smallest absolute Gasteiger partial charge is 0.408 e. The van der Waals surface area contributed by atoms with Gasteiger partial charge in [-0.15, -0.1) is 0 Å². The number of amides is 2. The van der Waals surface area contributed by atoms with Gasteiger partial charge in [0.15, 0.2) is 0 Å². The monoisotopic (exact) mass is 450 g/mol.